The molecule has 0 spiro atoms. The second-order valence-corrected chi connectivity index (χ2v) is 4.70. The van der Waals surface area contributed by atoms with Gasteiger partial charge in [0.2, 0.25) is 0 Å². The number of carbonyl (C=O) groups excluding carboxylic acids is 1. The van der Waals surface area contributed by atoms with Crippen molar-refractivity contribution in [3.63, 3.8) is 0 Å². The second kappa shape index (κ2) is 6.46. The normalized spacial score (nSPS) is 9.76. The van der Waals surface area contributed by atoms with Gasteiger partial charge in [-0.15, -0.1) is 6.42 Å². The number of hydrogen-bond acceptors (Lipinski definition) is 2. The molecule has 1 aromatic carbocycles. The Morgan fingerprint density at radius 1 is 1.53 bits per heavy atom. The molecule has 0 aromatic heterocycles. The molecule has 0 heterocycles. The van der Waals surface area contributed by atoms with Crippen LogP contribution in [0.4, 0.5) is 5.69 Å². The van der Waals surface area contributed by atoms with Gasteiger partial charge in [-0.3, -0.25) is 4.79 Å². The van der Waals surface area contributed by atoms with E-state index in [1.165, 1.54) is 0 Å². The van der Waals surface area contributed by atoms with Crippen LogP contribution in [0.3, 0.4) is 0 Å². The Balaban J connectivity index is 3.02. The van der Waals surface area contributed by atoms with E-state index in [0.717, 1.165) is 23.1 Å². The Morgan fingerprint density at radius 2 is 2.24 bits per heavy atom. The molecular formula is C14H16BrNO. The summed E-state index contributed by atoms with van der Waals surface area (Å²) >= 11 is 3.42. The Labute approximate surface area is 111 Å². The predicted octanol–water partition coefficient (Wildman–Crippen LogP) is 3.50. The van der Waals surface area contributed by atoms with Gasteiger partial charge in [0.15, 0.2) is 5.78 Å². The molecule has 0 aliphatic carbocycles. The number of Topliss-reactive ketones (excluding diaryl/α,β-unsaturated/α-hetero) is 1. The van der Waals surface area contributed by atoms with E-state index in [0.29, 0.717) is 12.1 Å². The molecule has 0 radical (unpaired) electrons. The SMILES string of the molecule is C#CCN(CCC)c1ccc(C(C)=O)c(Br)c1. The lowest BCUT2D eigenvalue weighted by molar-refractivity contribution is 0.101. The van der Waals surface area contributed by atoms with E-state index in [1.54, 1.807) is 6.92 Å². The van der Waals surface area contributed by atoms with Gasteiger partial charge in [0.25, 0.3) is 0 Å². The first-order valence-corrected chi connectivity index (χ1v) is 6.38. The summed E-state index contributed by atoms with van der Waals surface area (Å²) in [6.45, 7) is 5.17. The fourth-order valence-electron chi connectivity index (χ4n) is 1.67. The van der Waals surface area contributed by atoms with E-state index >= 15 is 0 Å². The molecular weight excluding hydrogens is 278 g/mol. The van der Waals surface area contributed by atoms with Crippen LogP contribution in [0.2, 0.25) is 0 Å². The number of ketones is 1. The molecule has 1 aromatic rings. The molecule has 17 heavy (non-hydrogen) atoms. The lowest BCUT2D eigenvalue weighted by Crippen LogP contribution is -2.24. The largest absolute Gasteiger partial charge is 0.360 e. The molecule has 0 atom stereocenters. The van der Waals surface area contributed by atoms with Crippen LogP contribution in [0.15, 0.2) is 22.7 Å². The van der Waals surface area contributed by atoms with Gasteiger partial charge in [0, 0.05) is 22.3 Å². The minimum atomic E-state index is 0.0578. The van der Waals surface area contributed by atoms with E-state index in [-0.39, 0.29) is 5.78 Å². The number of anilines is 1. The summed E-state index contributed by atoms with van der Waals surface area (Å²) in [4.78, 5) is 13.4. The van der Waals surface area contributed by atoms with Crippen molar-refractivity contribution >= 4 is 27.4 Å². The van der Waals surface area contributed by atoms with Gasteiger partial charge in [-0.25, -0.2) is 0 Å². The number of terminal acetylenes is 1. The lowest BCUT2D eigenvalue weighted by atomic mass is 10.1. The highest BCUT2D eigenvalue weighted by atomic mass is 79.9. The van der Waals surface area contributed by atoms with E-state index in [9.17, 15) is 4.79 Å². The first-order chi connectivity index (χ1) is 8.10. The van der Waals surface area contributed by atoms with Crippen molar-refractivity contribution in [1.82, 2.24) is 0 Å². The van der Waals surface area contributed by atoms with Crippen LogP contribution in [-0.2, 0) is 0 Å². The molecule has 0 fully saturated rings. The molecule has 0 aliphatic heterocycles. The second-order valence-electron chi connectivity index (χ2n) is 3.85. The number of halogens is 1. The van der Waals surface area contributed by atoms with Crippen molar-refractivity contribution in [2.24, 2.45) is 0 Å². The van der Waals surface area contributed by atoms with Crippen molar-refractivity contribution < 1.29 is 4.79 Å². The average molecular weight is 294 g/mol. The minimum absolute atomic E-state index is 0.0578. The first-order valence-electron chi connectivity index (χ1n) is 5.59. The summed E-state index contributed by atoms with van der Waals surface area (Å²) < 4.78 is 0.820. The summed E-state index contributed by atoms with van der Waals surface area (Å²) in [5, 5.41) is 0. The van der Waals surface area contributed by atoms with Crippen molar-refractivity contribution in [3.8, 4) is 12.3 Å². The van der Waals surface area contributed by atoms with Gasteiger partial charge >= 0.3 is 0 Å². The summed E-state index contributed by atoms with van der Waals surface area (Å²) in [6, 6.07) is 5.72. The van der Waals surface area contributed by atoms with Gasteiger partial charge in [0.05, 0.1) is 6.54 Å². The fourth-order valence-corrected chi connectivity index (χ4v) is 2.31. The van der Waals surface area contributed by atoms with Crippen LogP contribution in [0.25, 0.3) is 0 Å². The summed E-state index contributed by atoms with van der Waals surface area (Å²) in [7, 11) is 0. The summed E-state index contributed by atoms with van der Waals surface area (Å²) in [5.41, 5.74) is 1.74. The molecule has 2 nitrogen and oxygen atoms in total. The Hall–Kier alpha value is -1.27. The summed E-state index contributed by atoms with van der Waals surface area (Å²) in [5.74, 6) is 2.71. The molecule has 0 amide bonds. The topological polar surface area (TPSA) is 20.3 Å². The zero-order valence-corrected chi connectivity index (χ0v) is 11.8. The molecule has 0 unspecified atom stereocenters. The standard InChI is InChI=1S/C14H16BrNO/c1-4-8-16(9-5-2)12-6-7-13(11(3)17)14(15)10-12/h1,6-7,10H,5,8-9H2,2-3H3. The Morgan fingerprint density at radius 3 is 2.71 bits per heavy atom. The summed E-state index contributed by atoms with van der Waals surface area (Å²) in [6.07, 6.45) is 6.39. The van der Waals surface area contributed by atoms with Crippen LogP contribution in [-0.4, -0.2) is 18.9 Å². The average Bonchev–Trinajstić information content (AvgIpc) is 2.28. The third-order valence-corrected chi connectivity index (χ3v) is 3.13. The maximum absolute atomic E-state index is 11.3. The van der Waals surface area contributed by atoms with Crippen molar-refractivity contribution in [2.75, 3.05) is 18.0 Å². The Bertz CT molecular complexity index is 448. The number of rotatable bonds is 5. The van der Waals surface area contributed by atoms with Crippen molar-refractivity contribution in [2.45, 2.75) is 20.3 Å². The van der Waals surface area contributed by atoms with E-state index in [4.69, 9.17) is 6.42 Å². The number of hydrogen-bond donors (Lipinski definition) is 0. The predicted molar refractivity (Wildman–Crippen MR) is 75.5 cm³/mol. The highest BCUT2D eigenvalue weighted by molar-refractivity contribution is 9.10. The molecule has 3 heteroatoms. The first kappa shape index (κ1) is 13.8. The smallest absolute Gasteiger partial charge is 0.160 e. The number of benzene rings is 1. The maximum atomic E-state index is 11.3. The highest BCUT2D eigenvalue weighted by Crippen LogP contribution is 2.24. The number of carbonyl (C=O) groups is 1. The van der Waals surface area contributed by atoms with E-state index in [1.807, 2.05) is 18.2 Å². The monoisotopic (exact) mass is 293 g/mol. The van der Waals surface area contributed by atoms with Crippen LogP contribution in [0.1, 0.15) is 30.6 Å². The third kappa shape index (κ3) is 3.61. The Kier molecular flexibility index (Phi) is 5.24. The molecule has 1 rings (SSSR count). The maximum Gasteiger partial charge on any atom is 0.160 e. The molecule has 0 saturated carbocycles. The third-order valence-electron chi connectivity index (χ3n) is 2.47. The molecule has 0 saturated heterocycles. The van der Waals surface area contributed by atoms with Gasteiger partial charge in [-0.05, 0) is 47.5 Å². The van der Waals surface area contributed by atoms with E-state index < -0.39 is 0 Å². The van der Waals surface area contributed by atoms with Crippen molar-refractivity contribution in [3.05, 3.63) is 28.2 Å². The quantitative estimate of drug-likeness (QED) is 0.612. The minimum Gasteiger partial charge on any atom is -0.360 e. The van der Waals surface area contributed by atoms with E-state index in [2.05, 4.69) is 33.7 Å². The van der Waals surface area contributed by atoms with Crippen LogP contribution >= 0.6 is 15.9 Å². The molecule has 0 N–H and O–H groups in total. The van der Waals surface area contributed by atoms with Crippen LogP contribution in [0, 0.1) is 12.3 Å². The fraction of sp³-hybridized carbons (Fsp3) is 0.357. The van der Waals surface area contributed by atoms with Crippen LogP contribution < -0.4 is 4.90 Å². The lowest BCUT2D eigenvalue weighted by Gasteiger charge is -2.22. The zero-order valence-electron chi connectivity index (χ0n) is 10.2. The molecule has 90 valence electrons. The molecule has 0 aliphatic rings. The molecule has 0 bridgehead atoms. The van der Waals surface area contributed by atoms with Gasteiger partial charge in [-0.1, -0.05) is 12.8 Å². The van der Waals surface area contributed by atoms with Crippen molar-refractivity contribution in [1.29, 1.82) is 0 Å². The zero-order chi connectivity index (χ0) is 12.8. The van der Waals surface area contributed by atoms with Gasteiger partial charge in [-0.2, -0.15) is 0 Å². The van der Waals surface area contributed by atoms with Gasteiger partial charge in [0.1, 0.15) is 0 Å². The highest BCUT2D eigenvalue weighted by Gasteiger charge is 2.09. The van der Waals surface area contributed by atoms with Crippen LogP contribution in [0.5, 0.6) is 0 Å². The number of nitrogens with zero attached hydrogens (tertiary/aromatic N) is 1. The van der Waals surface area contributed by atoms with Gasteiger partial charge < -0.3 is 4.90 Å².